The Bertz CT molecular complexity index is 496. The molecule has 1 aromatic carbocycles. The lowest BCUT2D eigenvalue weighted by Crippen LogP contribution is -2.16. The Kier molecular flexibility index (Phi) is 8.22. The molecule has 1 unspecified atom stereocenters. The number of allylic oxidation sites excluding steroid dienone is 5. The highest BCUT2D eigenvalue weighted by molar-refractivity contribution is 5.46. The zero-order valence-corrected chi connectivity index (χ0v) is 12.6. The molecular formula is C18H25N3. The summed E-state index contributed by atoms with van der Waals surface area (Å²) in [5, 5.41) is 3.52. The fourth-order valence-corrected chi connectivity index (χ4v) is 1.86. The smallest absolute Gasteiger partial charge is 0.0450 e. The first-order valence-electron chi connectivity index (χ1n) is 7.18. The van der Waals surface area contributed by atoms with E-state index in [9.17, 15) is 0 Å². The van der Waals surface area contributed by atoms with Crippen LogP contribution in [0.1, 0.15) is 18.4 Å². The summed E-state index contributed by atoms with van der Waals surface area (Å²) in [6.45, 7) is 2.09. The standard InChI is InChI=1S/C18H25N3/c1-16-10-12-18(13-11-16)21-17(9-5-7-15-20)8-4-2-3-6-14-19/h2-3,5-7,9-15,17,21H,4,8,19-20H2,1H3/b3-2-,9-5-,14-6-,15-7-. The van der Waals surface area contributed by atoms with Crippen molar-refractivity contribution in [2.75, 3.05) is 5.32 Å². The first kappa shape index (κ1) is 16.6. The Hall–Kier alpha value is -2.42. The molecule has 1 atom stereocenters. The Labute approximate surface area is 127 Å². The van der Waals surface area contributed by atoms with E-state index in [1.165, 1.54) is 18.0 Å². The van der Waals surface area contributed by atoms with Crippen LogP contribution >= 0.6 is 0 Å². The molecule has 0 aliphatic carbocycles. The van der Waals surface area contributed by atoms with Crippen molar-refractivity contribution in [1.29, 1.82) is 0 Å². The molecule has 0 heterocycles. The normalized spacial score (nSPS) is 13.8. The summed E-state index contributed by atoms with van der Waals surface area (Å²) in [5.41, 5.74) is 13.0. The van der Waals surface area contributed by atoms with E-state index < -0.39 is 0 Å². The minimum atomic E-state index is 0.260. The van der Waals surface area contributed by atoms with Gasteiger partial charge >= 0.3 is 0 Å². The first-order chi connectivity index (χ1) is 10.3. The third-order valence-electron chi connectivity index (χ3n) is 2.97. The summed E-state index contributed by atoms with van der Waals surface area (Å²) in [7, 11) is 0. The van der Waals surface area contributed by atoms with Gasteiger partial charge in [-0.3, -0.25) is 0 Å². The molecule has 0 spiro atoms. The van der Waals surface area contributed by atoms with Crippen LogP contribution in [-0.2, 0) is 0 Å². The maximum absolute atomic E-state index is 5.36. The Morgan fingerprint density at radius 2 is 1.67 bits per heavy atom. The van der Waals surface area contributed by atoms with Crippen LogP contribution in [0.4, 0.5) is 5.69 Å². The number of hydrogen-bond donors (Lipinski definition) is 3. The van der Waals surface area contributed by atoms with Gasteiger partial charge in [0.2, 0.25) is 0 Å². The van der Waals surface area contributed by atoms with Gasteiger partial charge < -0.3 is 16.8 Å². The largest absolute Gasteiger partial charge is 0.405 e. The molecule has 0 fully saturated rings. The van der Waals surface area contributed by atoms with Crippen LogP contribution in [0.5, 0.6) is 0 Å². The zero-order valence-electron chi connectivity index (χ0n) is 12.6. The molecule has 21 heavy (non-hydrogen) atoms. The van der Waals surface area contributed by atoms with E-state index in [0.29, 0.717) is 0 Å². The third-order valence-corrected chi connectivity index (χ3v) is 2.97. The van der Waals surface area contributed by atoms with Gasteiger partial charge in [0, 0.05) is 11.7 Å². The molecule has 3 heteroatoms. The van der Waals surface area contributed by atoms with Crippen molar-refractivity contribution in [3.05, 3.63) is 78.7 Å². The molecule has 0 aliphatic heterocycles. The van der Waals surface area contributed by atoms with Gasteiger partial charge in [-0.05, 0) is 56.5 Å². The van der Waals surface area contributed by atoms with Gasteiger partial charge in [0.15, 0.2) is 0 Å². The molecular weight excluding hydrogens is 258 g/mol. The molecule has 1 rings (SSSR count). The molecule has 1 aromatic rings. The van der Waals surface area contributed by atoms with E-state index in [-0.39, 0.29) is 6.04 Å². The van der Waals surface area contributed by atoms with Crippen LogP contribution in [0.25, 0.3) is 0 Å². The molecule has 0 radical (unpaired) electrons. The van der Waals surface area contributed by atoms with E-state index in [0.717, 1.165) is 18.5 Å². The van der Waals surface area contributed by atoms with Gasteiger partial charge in [-0.15, -0.1) is 0 Å². The van der Waals surface area contributed by atoms with E-state index in [4.69, 9.17) is 11.5 Å². The lowest BCUT2D eigenvalue weighted by Gasteiger charge is -2.15. The average Bonchev–Trinajstić information content (AvgIpc) is 2.49. The number of hydrogen-bond acceptors (Lipinski definition) is 3. The van der Waals surface area contributed by atoms with Gasteiger partial charge in [-0.1, -0.05) is 42.0 Å². The molecule has 0 bridgehead atoms. The van der Waals surface area contributed by atoms with Crippen molar-refractivity contribution in [2.45, 2.75) is 25.8 Å². The van der Waals surface area contributed by atoms with E-state index in [2.05, 4.69) is 48.7 Å². The van der Waals surface area contributed by atoms with Crippen molar-refractivity contribution in [3.63, 3.8) is 0 Å². The summed E-state index contributed by atoms with van der Waals surface area (Å²) in [5.74, 6) is 0. The third kappa shape index (κ3) is 7.67. The maximum atomic E-state index is 5.36. The molecule has 0 amide bonds. The minimum Gasteiger partial charge on any atom is -0.405 e. The fraction of sp³-hybridized carbons (Fsp3) is 0.222. The summed E-state index contributed by atoms with van der Waals surface area (Å²) in [4.78, 5) is 0. The van der Waals surface area contributed by atoms with Crippen LogP contribution in [0.2, 0.25) is 0 Å². The second kappa shape index (κ2) is 10.4. The Balaban J connectivity index is 2.60. The maximum Gasteiger partial charge on any atom is 0.0450 e. The van der Waals surface area contributed by atoms with Crippen molar-refractivity contribution >= 4 is 5.69 Å². The lowest BCUT2D eigenvalue weighted by atomic mass is 10.1. The Morgan fingerprint density at radius 3 is 2.33 bits per heavy atom. The summed E-state index contributed by atoms with van der Waals surface area (Å²) < 4.78 is 0. The summed E-state index contributed by atoms with van der Waals surface area (Å²) in [6, 6.07) is 8.67. The molecule has 0 saturated heterocycles. The van der Waals surface area contributed by atoms with Crippen LogP contribution in [-0.4, -0.2) is 6.04 Å². The molecule has 112 valence electrons. The van der Waals surface area contributed by atoms with Gasteiger partial charge in [0.05, 0.1) is 0 Å². The second-order valence-electron chi connectivity index (χ2n) is 4.78. The highest BCUT2D eigenvalue weighted by atomic mass is 14.9. The van der Waals surface area contributed by atoms with Crippen molar-refractivity contribution in [3.8, 4) is 0 Å². The van der Waals surface area contributed by atoms with Crippen molar-refractivity contribution < 1.29 is 0 Å². The van der Waals surface area contributed by atoms with Gasteiger partial charge in [0.25, 0.3) is 0 Å². The quantitative estimate of drug-likeness (QED) is 0.639. The Morgan fingerprint density at radius 1 is 1.00 bits per heavy atom. The van der Waals surface area contributed by atoms with Crippen molar-refractivity contribution in [2.24, 2.45) is 11.5 Å². The molecule has 0 aromatic heterocycles. The van der Waals surface area contributed by atoms with E-state index >= 15 is 0 Å². The molecule has 0 aliphatic rings. The topological polar surface area (TPSA) is 64.1 Å². The highest BCUT2D eigenvalue weighted by Crippen LogP contribution is 2.13. The van der Waals surface area contributed by atoms with E-state index in [1.54, 1.807) is 0 Å². The SMILES string of the molecule is Cc1ccc(NC(/C=C\C=C/N)CC/C=C\C=C/N)cc1. The van der Waals surface area contributed by atoms with Crippen LogP contribution in [0, 0.1) is 6.92 Å². The highest BCUT2D eigenvalue weighted by Gasteiger charge is 2.03. The number of aryl methyl sites for hydroxylation is 1. The van der Waals surface area contributed by atoms with E-state index in [1.807, 2.05) is 24.3 Å². The van der Waals surface area contributed by atoms with Crippen molar-refractivity contribution in [1.82, 2.24) is 0 Å². The number of anilines is 1. The van der Waals surface area contributed by atoms with Crippen LogP contribution in [0.15, 0.2) is 73.1 Å². The van der Waals surface area contributed by atoms with Gasteiger partial charge in [-0.2, -0.15) is 0 Å². The zero-order chi connectivity index (χ0) is 15.3. The van der Waals surface area contributed by atoms with Gasteiger partial charge in [0.1, 0.15) is 0 Å². The summed E-state index contributed by atoms with van der Waals surface area (Å²) in [6.07, 6.45) is 16.9. The lowest BCUT2D eigenvalue weighted by molar-refractivity contribution is 0.775. The predicted octanol–water partition coefficient (Wildman–Crippen LogP) is 3.61. The average molecular weight is 283 g/mol. The second-order valence-corrected chi connectivity index (χ2v) is 4.78. The monoisotopic (exact) mass is 283 g/mol. The molecule has 3 nitrogen and oxygen atoms in total. The fourth-order valence-electron chi connectivity index (χ4n) is 1.86. The molecule has 5 N–H and O–H groups in total. The number of nitrogens with two attached hydrogens (primary N) is 2. The van der Waals surface area contributed by atoms with Crippen LogP contribution < -0.4 is 16.8 Å². The first-order valence-corrected chi connectivity index (χ1v) is 7.18. The molecule has 0 saturated carbocycles. The van der Waals surface area contributed by atoms with Gasteiger partial charge in [-0.25, -0.2) is 0 Å². The number of rotatable bonds is 8. The minimum absolute atomic E-state index is 0.260. The predicted molar refractivity (Wildman–Crippen MR) is 92.8 cm³/mol. The van der Waals surface area contributed by atoms with Crippen LogP contribution in [0.3, 0.4) is 0 Å². The number of benzene rings is 1. The number of nitrogens with one attached hydrogen (secondary N) is 1. The summed E-state index contributed by atoms with van der Waals surface area (Å²) >= 11 is 0.